The Kier molecular flexibility index (Phi) is 7.91. The van der Waals surface area contributed by atoms with Crippen molar-refractivity contribution in [2.24, 2.45) is 11.8 Å². The van der Waals surface area contributed by atoms with E-state index in [0.29, 0.717) is 12.1 Å². The number of nitrogens with one attached hydrogen (secondary N) is 1. The first-order chi connectivity index (χ1) is 9.49. The lowest BCUT2D eigenvalue weighted by molar-refractivity contribution is 0.367. The van der Waals surface area contributed by atoms with Crippen LogP contribution in [-0.4, -0.2) is 6.04 Å². The number of hydrogen-bond acceptors (Lipinski definition) is 1. The van der Waals surface area contributed by atoms with Crippen molar-refractivity contribution in [3.8, 4) is 0 Å². The molecule has 0 fully saturated rings. The second-order valence-electron chi connectivity index (χ2n) is 6.99. The summed E-state index contributed by atoms with van der Waals surface area (Å²) in [5.74, 6) is 1.54. The fraction of sp³-hybridized carbons (Fsp3) is 0.684. The minimum absolute atomic E-state index is 0.491. The van der Waals surface area contributed by atoms with E-state index in [9.17, 15) is 0 Å². The quantitative estimate of drug-likeness (QED) is 0.620. The zero-order chi connectivity index (χ0) is 15.0. The van der Waals surface area contributed by atoms with Crippen LogP contribution in [0.2, 0.25) is 0 Å². The van der Waals surface area contributed by atoms with Gasteiger partial charge in [0, 0.05) is 12.1 Å². The number of hydrogen-bond donors (Lipinski definition) is 1. The Bertz CT molecular complexity index is 342. The van der Waals surface area contributed by atoms with Crippen LogP contribution >= 0.6 is 0 Å². The molecule has 0 aliphatic heterocycles. The molecule has 0 bridgehead atoms. The molecule has 1 rings (SSSR count). The SMILES string of the molecule is CC(C)CCCC(C)NC(CC(C)C)c1ccccc1. The van der Waals surface area contributed by atoms with Crippen LogP contribution in [-0.2, 0) is 0 Å². The van der Waals surface area contributed by atoms with Crippen molar-refractivity contribution in [1.82, 2.24) is 5.32 Å². The van der Waals surface area contributed by atoms with Crippen molar-refractivity contribution in [2.45, 2.75) is 72.4 Å². The van der Waals surface area contributed by atoms with Gasteiger partial charge in [0.25, 0.3) is 0 Å². The van der Waals surface area contributed by atoms with Crippen molar-refractivity contribution < 1.29 is 0 Å². The standard InChI is InChI=1S/C19H33N/c1-15(2)10-9-11-17(5)20-19(14-16(3)4)18-12-7-6-8-13-18/h6-8,12-13,15-17,19-20H,9-11,14H2,1-5H3. The highest BCUT2D eigenvalue weighted by Gasteiger charge is 2.15. The first kappa shape index (κ1) is 17.2. The third kappa shape index (κ3) is 7.09. The van der Waals surface area contributed by atoms with Gasteiger partial charge in [0.05, 0.1) is 0 Å². The van der Waals surface area contributed by atoms with Crippen LogP contribution in [0.5, 0.6) is 0 Å². The molecule has 0 amide bonds. The van der Waals surface area contributed by atoms with E-state index >= 15 is 0 Å². The highest BCUT2D eigenvalue weighted by Crippen LogP contribution is 2.22. The molecule has 0 saturated heterocycles. The molecule has 0 aromatic heterocycles. The molecule has 1 heteroatoms. The molecule has 2 unspecified atom stereocenters. The summed E-state index contributed by atoms with van der Waals surface area (Å²) in [7, 11) is 0. The summed E-state index contributed by atoms with van der Waals surface area (Å²) >= 11 is 0. The summed E-state index contributed by atoms with van der Waals surface area (Å²) in [4.78, 5) is 0. The van der Waals surface area contributed by atoms with Crippen molar-refractivity contribution in [2.75, 3.05) is 0 Å². The molecule has 0 radical (unpaired) electrons. The van der Waals surface area contributed by atoms with E-state index in [0.717, 1.165) is 11.8 Å². The van der Waals surface area contributed by atoms with Crippen molar-refractivity contribution >= 4 is 0 Å². The van der Waals surface area contributed by atoms with Gasteiger partial charge in [-0.25, -0.2) is 0 Å². The van der Waals surface area contributed by atoms with Crippen molar-refractivity contribution in [3.05, 3.63) is 35.9 Å². The van der Waals surface area contributed by atoms with Gasteiger partial charge in [0.2, 0.25) is 0 Å². The van der Waals surface area contributed by atoms with E-state index in [2.05, 4.69) is 70.3 Å². The summed E-state index contributed by atoms with van der Waals surface area (Å²) in [6, 6.07) is 12.0. The van der Waals surface area contributed by atoms with Crippen LogP contribution in [0.15, 0.2) is 30.3 Å². The normalized spacial score (nSPS) is 14.8. The maximum atomic E-state index is 3.84. The molecule has 1 nitrogen and oxygen atoms in total. The van der Waals surface area contributed by atoms with Gasteiger partial charge >= 0.3 is 0 Å². The average Bonchev–Trinajstić information content (AvgIpc) is 2.38. The molecule has 1 aromatic rings. The minimum Gasteiger partial charge on any atom is -0.307 e. The molecule has 0 spiro atoms. The predicted molar refractivity (Wildman–Crippen MR) is 89.9 cm³/mol. The monoisotopic (exact) mass is 275 g/mol. The zero-order valence-corrected chi connectivity index (χ0v) is 14.0. The summed E-state index contributed by atoms with van der Waals surface area (Å²) in [5, 5.41) is 3.84. The van der Waals surface area contributed by atoms with Crippen molar-refractivity contribution in [3.63, 3.8) is 0 Å². The molecule has 1 aromatic carbocycles. The molecule has 0 heterocycles. The molecule has 0 aliphatic carbocycles. The number of benzene rings is 1. The second-order valence-corrected chi connectivity index (χ2v) is 6.99. The molecule has 2 atom stereocenters. The van der Waals surface area contributed by atoms with Crippen LogP contribution in [0.1, 0.15) is 71.9 Å². The Morgan fingerprint density at radius 3 is 2.05 bits per heavy atom. The molecular weight excluding hydrogens is 242 g/mol. The van der Waals surface area contributed by atoms with Gasteiger partial charge in [-0.2, -0.15) is 0 Å². The smallest absolute Gasteiger partial charge is 0.0324 e. The van der Waals surface area contributed by atoms with Crippen LogP contribution in [0.4, 0.5) is 0 Å². The van der Waals surface area contributed by atoms with E-state index in [1.165, 1.54) is 31.2 Å². The minimum atomic E-state index is 0.491. The van der Waals surface area contributed by atoms with E-state index in [-0.39, 0.29) is 0 Å². The van der Waals surface area contributed by atoms with Gasteiger partial charge in [-0.05, 0) is 37.2 Å². The van der Waals surface area contributed by atoms with Gasteiger partial charge in [0.15, 0.2) is 0 Å². The fourth-order valence-corrected chi connectivity index (χ4v) is 2.72. The van der Waals surface area contributed by atoms with Gasteiger partial charge in [-0.1, -0.05) is 70.9 Å². The Labute approximate surface area is 126 Å². The zero-order valence-electron chi connectivity index (χ0n) is 14.0. The number of rotatable bonds is 9. The summed E-state index contributed by atoms with van der Waals surface area (Å²) in [6.07, 6.45) is 5.15. The lowest BCUT2D eigenvalue weighted by Crippen LogP contribution is -2.31. The van der Waals surface area contributed by atoms with Crippen LogP contribution in [0.3, 0.4) is 0 Å². The molecule has 0 saturated carbocycles. The Morgan fingerprint density at radius 2 is 1.50 bits per heavy atom. The Morgan fingerprint density at radius 1 is 0.850 bits per heavy atom. The molecule has 0 aliphatic rings. The fourth-order valence-electron chi connectivity index (χ4n) is 2.72. The summed E-state index contributed by atoms with van der Waals surface area (Å²) in [5.41, 5.74) is 1.43. The predicted octanol–water partition coefficient (Wildman–Crippen LogP) is 5.58. The van der Waals surface area contributed by atoms with Gasteiger partial charge < -0.3 is 5.32 Å². The van der Waals surface area contributed by atoms with Crippen LogP contribution in [0, 0.1) is 11.8 Å². The second kappa shape index (κ2) is 9.18. The molecule has 114 valence electrons. The topological polar surface area (TPSA) is 12.0 Å². The van der Waals surface area contributed by atoms with Gasteiger partial charge in [-0.15, -0.1) is 0 Å². The van der Waals surface area contributed by atoms with Crippen LogP contribution in [0.25, 0.3) is 0 Å². The summed E-state index contributed by atoms with van der Waals surface area (Å²) < 4.78 is 0. The first-order valence-electron chi connectivity index (χ1n) is 8.30. The highest BCUT2D eigenvalue weighted by atomic mass is 14.9. The third-order valence-electron chi connectivity index (χ3n) is 3.81. The third-order valence-corrected chi connectivity index (χ3v) is 3.81. The lowest BCUT2D eigenvalue weighted by atomic mass is 9.95. The van der Waals surface area contributed by atoms with E-state index in [4.69, 9.17) is 0 Å². The van der Waals surface area contributed by atoms with E-state index in [1.807, 2.05) is 0 Å². The largest absolute Gasteiger partial charge is 0.307 e. The highest BCUT2D eigenvalue weighted by molar-refractivity contribution is 5.19. The Hall–Kier alpha value is -0.820. The Balaban J connectivity index is 2.52. The van der Waals surface area contributed by atoms with Crippen molar-refractivity contribution in [1.29, 1.82) is 0 Å². The molecular formula is C19H33N. The van der Waals surface area contributed by atoms with Gasteiger partial charge in [-0.3, -0.25) is 0 Å². The van der Waals surface area contributed by atoms with Gasteiger partial charge in [0.1, 0.15) is 0 Å². The lowest BCUT2D eigenvalue weighted by Gasteiger charge is -2.25. The maximum Gasteiger partial charge on any atom is 0.0324 e. The van der Waals surface area contributed by atoms with E-state index in [1.54, 1.807) is 0 Å². The molecule has 1 N–H and O–H groups in total. The van der Waals surface area contributed by atoms with Crippen LogP contribution < -0.4 is 5.32 Å². The maximum absolute atomic E-state index is 3.84. The summed E-state index contributed by atoms with van der Waals surface area (Å²) in [6.45, 7) is 11.6. The first-order valence-corrected chi connectivity index (χ1v) is 8.30. The molecule has 20 heavy (non-hydrogen) atoms. The van der Waals surface area contributed by atoms with E-state index < -0.39 is 0 Å². The average molecular weight is 275 g/mol.